The van der Waals surface area contributed by atoms with E-state index in [1.807, 2.05) is 18.2 Å². The molecule has 0 amide bonds. The number of aryl methyl sites for hydroxylation is 1. The summed E-state index contributed by atoms with van der Waals surface area (Å²) in [5.41, 5.74) is 2.67. The third kappa shape index (κ3) is 2.00. The Morgan fingerprint density at radius 2 is 2.12 bits per heavy atom. The van der Waals surface area contributed by atoms with Crippen LogP contribution in [0.25, 0.3) is 11.3 Å². The van der Waals surface area contributed by atoms with E-state index in [0.717, 1.165) is 29.7 Å². The Morgan fingerprint density at radius 1 is 1.18 bits per heavy atom. The van der Waals surface area contributed by atoms with Crippen molar-refractivity contribution in [3.8, 4) is 17.1 Å². The van der Waals surface area contributed by atoms with Crippen LogP contribution in [0.4, 0.5) is 4.39 Å². The summed E-state index contributed by atoms with van der Waals surface area (Å²) in [5.74, 6) is 0.445. The van der Waals surface area contributed by atoms with E-state index >= 15 is 0 Å². The molecule has 2 nitrogen and oxygen atoms in total. The van der Waals surface area contributed by atoms with Gasteiger partial charge in [-0.25, -0.2) is 9.37 Å². The Hall–Kier alpha value is -1.90. The van der Waals surface area contributed by atoms with Crippen LogP contribution in [0.3, 0.4) is 0 Å². The summed E-state index contributed by atoms with van der Waals surface area (Å²) >= 11 is 0. The molecule has 0 aliphatic carbocycles. The van der Waals surface area contributed by atoms with Crippen molar-refractivity contribution in [1.82, 2.24) is 4.98 Å². The van der Waals surface area contributed by atoms with Gasteiger partial charge in [0.05, 0.1) is 12.3 Å². The van der Waals surface area contributed by atoms with Gasteiger partial charge in [0, 0.05) is 11.1 Å². The number of ether oxygens (including phenoxy) is 1. The fraction of sp³-hybridized carbons (Fsp3) is 0.214. The van der Waals surface area contributed by atoms with Gasteiger partial charge in [-0.3, -0.25) is 0 Å². The van der Waals surface area contributed by atoms with Gasteiger partial charge < -0.3 is 4.74 Å². The standard InChI is InChI=1S/C14H12FNO/c15-12-5-1-3-11(9-12)13-7-6-10-4-2-8-17-14(10)16-13/h1,3,5-7,9H,2,4,8H2. The summed E-state index contributed by atoms with van der Waals surface area (Å²) in [6.07, 6.45) is 2.04. The van der Waals surface area contributed by atoms with Crippen LogP contribution >= 0.6 is 0 Å². The van der Waals surface area contributed by atoms with Crippen LogP contribution in [-0.2, 0) is 6.42 Å². The number of nitrogens with zero attached hydrogens (tertiary/aromatic N) is 1. The SMILES string of the molecule is Fc1cccc(-c2ccc3c(n2)OCCC3)c1. The number of benzene rings is 1. The number of hydrogen-bond acceptors (Lipinski definition) is 2. The molecular weight excluding hydrogens is 217 g/mol. The van der Waals surface area contributed by atoms with E-state index in [2.05, 4.69) is 4.98 Å². The highest BCUT2D eigenvalue weighted by molar-refractivity contribution is 5.60. The van der Waals surface area contributed by atoms with Crippen LogP contribution in [0.5, 0.6) is 5.88 Å². The molecule has 2 aromatic rings. The highest BCUT2D eigenvalue weighted by Crippen LogP contribution is 2.26. The summed E-state index contributed by atoms with van der Waals surface area (Å²) in [6, 6.07) is 10.4. The van der Waals surface area contributed by atoms with E-state index in [9.17, 15) is 4.39 Å². The molecule has 0 atom stereocenters. The van der Waals surface area contributed by atoms with E-state index in [1.54, 1.807) is 6.07 Å². The molecule has 0 saturated carbocycles. The largest absolute Gasteiger partial charge is 0.477 e. The first-order valence-corrected chi connectivity index (χ1v) is 5.71. The molecule has 1 aliphatic rings. The van der Waals surface area contributed by atoms with Crippen LogP contribution in [0.2, 0.25) is 0 Å². The first-order chi connectivity index (χ1) is 8.33. The summed E-state index contributed by atoms with van der Waals surface area (Å²) in [5, 5.41) is 0. The molecule has 1 aromatic carbocycles. The van der Waals surface area contributed by atoms with Gasteiger partial charge in [-0.05, 0) is 31.0 Å². The van der Waals surface area contributed by atoms with Gasteiger partial charge in [0.1, 0.15) is 5.82 Å². The summed E-state index contributed by atoms with van der Waals surface area (Å²) in [7, 11) is 0. The van der Waals surface area contributed by atoms with Crippen LogP contribution in [0.15, 0.2) is 36.4 Å². The first kappa shape index (κ1) is 10.3. The molecule has 86 valence electrons. The molecule has 3 heteroatoms. The maximum absolute atomic E-state index is 13.1. The molecule has 0 unspecified atom stereocenters. The number of hydrogen-bond donors (Lipinski definition) is 0. The smallest absolute Gasteiger partial charge is 0.217 e. The Kier molecular flexibility index (Phi) is 2.52. The Labute approximate surface area is 99.1 Å². The average molecular weight is 229 g/mol. The third-order valence-electron chi connectivity index (χ3n) is 2.89. The van der Waals surface area contributed by atoms with E-state index in [-0.39, 0.29) is 5.82 Å². The molecule has 0 radical (unpaired) electrons. The van der Waals surface area contributed by atoms with Crippen molar-refractivity contribution in [3.05, 3.63) is 47.8 Å². The Morgan fingerprint density at radius 3 is 3.00 bits per heavy atom. The number of pyridine rings is 1. The molecule has 17 heavy (non-hydrogen) atoms. The number of fused-ring (bicyclic) bond motifs is 1. The van der Waals surface area contributed by atoms with E-state index < -0.39 is 0 Å². The first-order valence-electron chi connectivity index (χ1n) is 5.71. The predicted octanol–water partition coefficient (Wildman–Crippen LogP) is 3.21. The summed E-state index contributed by atoms with van der Waals surface area (Å²) < 4.78 is 18.6. The zero-order valence-electron chi connectivity index (χ0n) is 9.32. The highest BCUT2D eigenvalue weighted by atomic mass is 19.1. The summed E-state index contributed by atoms with van der Waals surface area (Å²) in [4.78, 5) is 4.44. The minimum absolute atomic E-state index is 0.247. The van der Waals surface area contributed by atoms with E-state index in [0.29, 0.717) is 12.5 Å². The second kappa shape index (κ2) is 4.17. The quantitative estimate of drug-likeness (QED) is 0.749. The fourth-order valence-electron chi connectivity index (χ4n) is 2.02. The van der Waals surface area contributed by atoms with Gasteiger partial charge >= 0.3 is 0 Å². The van der Waals surface area contributed by atoms with Crippen molar-refractivity contribution in [2.45, 2.75) is 12.8 Å². The minimum Gasteiger partial charge on any atom is -0.477 e. The third-order valence-corrected chi connectivity index (χ3v) is 2.89. The lowest BCUT2D eigenvalue weighted by atomic mass is 10.1. The fourth-order valence-corrected chi connectivity index (χ4v) is 2.02. The summed E-state index contributed by atoms with van der Waals surface area (Å²) in [6.45, 7) is 0.715. The highest BCUT2D eigenvalue weighted by Gasteiger charge is 2.12. The van der Waals surface area contributed by atoms with Crippen LogP contribution in [0, 0.1) is 5.82 Å². The van der Waals surface area contributed by atoms with Crippen LogP contribution in [-0.4, -0.2) is 11.6 Å². The number of aromatic nitrogens is 1. The Bertz CT molecular complexity index is 554. The zero-order chi connectivity index (χ0) is 11.7. The lowest BCUT2D eigenvalue weighted by Gasteiger charge is -2.16. The number of rotatable bonds is 1. The minimum atomic E-state index is -0.247. The second-order valence-electron chi connectivity index (χ2n) is 4.12. The molecule has 3 rings (SSSR count). The Balaban J connectivity index is 2.04. The molecule has 1 aromatic heterocycles. The predicted molar refractivity (Wildman–Crippen MR) is 63.4 cm³/mol. The van der Waals surface area contributed by atoms with Crippen molar-refractivity contribution in [2.75, 3.05) is 6.61 Å². The molecule has 0 bridgehead atoms. The van der Waals surface area contributed by atoms with Gasteiger partial charge in [0.2, 0.25) is 5.88 Å². The van der Waals surface area contributed by atoms with Crippen LogP contribution < -0.4 is 4.74 Å². The number of halogens is 1. The molecule has 1 aliphatic heterocycles. The van der Waals surface area contributed by atoms with Crippen LogP contribution in [0.1, 0.15) is 12.0 Å². The topological polar surface area (TPSA) is 22.1 Å². The van der Waals surface area contributed by atoms with Gasteiger partial charge in [0.25, 0.3) is 0 Å². The second-order valence-corrected chi connectivity index (χ2v) is 4.12. The van der Waals surface area contributed by atoms with Gasteiger partial charge in [-0.15, -0.1) is 0 Å². The van der Waals surface area contributed by atoms with Gasteiger partial charge in [-0.2, -0.15) is 0 Å². The van der Waals surface area contributed by atoms with Crippen molar-refractivity contribution < 1.29 is 9.13 Å². The zero-order valence-corrected chi connectivity index (χ0v) is 9.32. The molecule has 0 spiro atoms. The van der Waals surface area contributed by atoms with Gasteiger partial charge in [-0.1, -0.05) is 18.2 Å². The van der Waals surface area contributed by atoms with Crippen molar-refractivity contribution in [3.63, 3.8) is 0 Å². The normalized spacial score (nSPS) is 13.9. The van der Waals surface area contributed by atoms with Crippen molar-refractivity contribution in [1.29, 1.82) is 0 Å². The van der Waals surface area contributed by atoms with E-state index in [1.165, 1.54) is 12.1 Å². The van der Waals surface area contributed by atoms with Crippen molar-refractivity contribution >= 4 is 0 Å². The molecule has 0 fully saturated rings. The van der Waals surface area contributed by atoms with E-state index in [4.69, 9.17) is 4.74 Å². The lowest BCUT2D eigenvalue weighted by Crippen LogP contribution is -2.10. The maximum atomic E-state index is 13.1. The maximum Gasteiger partial charge on any atom is 0.217 e. The van der Waals surface area contributed by atoms with Crippen molar-refractivity contribution in [2.24, 2.45) is 0 Å². The monoisotopic (exact) mass is 229 g/mol. The average Bonchev–Trinajstić information content (AvgIpc) is 2.38. The molecular formula is C14H12FNO. The lowest BCUT2D eigenvalue weighted by molar-refractivity contribution is 0.276. The van der Waals surface area contributed by atoms with Gasteiger partial charge in [0.15, 0.2) is 0 Å². The molecule has 0 saturated heterocycles. The molecule has 0 N–H and O–H groups in total. The molecule has 2 heterocycles.